The van der Waals surface area contributed by atoms with Crippen LogP contribution in [0.2, 0.25) is 0 Å². The predicted octanol–water partition coefficient (Wildman–Crippen LogP) is 12.4. The number of nitrogens with zero attached hydrogens (tertiary/aromatic N) is 5. The Morgan fingerprint density at radius 3 is 1.47 bits per heavy atom. The van der Waals surface area contributed by atoms with Gasteiger partial charge in [-0.3, -0.25) is 0 Å². The molecule has 3 heterocycles. The number of para-hydroxylation sites is 5. The zero-order valence-corrected chi connectivity index (χ0v) is 29.5. The highest BCUT2D eigenvalue weighted by atomic mass is 15.0. The van der Waals surface area contributed by atoms with Crippen LogP contribution in [-0.2, 0) is 0 Å². The molecule has 0 radical (unpaired) electrons. The fourth-order valence-electron chi connectivity index (χ4n) is 8.75. The molecule has 0 bridgehead atoms. The molecule has 0 aliphatic carbocycles. The lowest BCUT2D eigenvalue weighted by atomic mass is 10.00. The minimum Gasteiger partial charge on any atom is -0.309 e. The Labute approximate surface area is 316 Å². The molecular weight excluding hydrogens is 671 g/mol. The molecule has 11 aromatic rings. The van der Waals surface area contributed by atoms with Gasteiger partial charge in [-0.25, -0.2) is 0 Å². The van der Waals surface area contributed by atoms with Gasteiger partial charge in [-0.15, -0.1) is 0 Å². The Kier molecular flexibility index (Phi) is 6.61. The van der Waals surface area contributed by atoms with Crippen molar-refractivity contribution in [2.45, 2.75) is 0 Å². The minimum atomic E-state index is 0.558. The molecule has 0 spiro atoms. The monoisotopic (exact) mass is 699 g/mol. The molecular formula is C50H29N5. The first-order valence-electron chi connectivity index (χ1n) is 18.3. The van der Waals surface area contributed by atoms with Gasteiger partial charge in [0.25, 0.3) is 0 Å². The average Bonchev–Trinajstić information content (AvgIpc) is 3.88. The van der Waals surface area contributed by atoms with Crippen LogP contribution in [-0.4, -0.2) is 13.7 Å². The fourth-order valence-corrected chi connectivity index (χ4v) is 8.75. The normalized spacial score (nSPS) is 11.6. The lowest BCUT2D eigenvalue weighted by Crippen LogP contribution is -2.00. The maximum Gasteiger partial charge on any atom is 0.0992 e. The number of benzene rings is 8. The van der Waals surface area contributed by atoms with Gasteiger partial charge >= 0.3 is 0 Å². The van der Waals surface area contributed by atoms with Crippen LogP contribution in [0.25, 0.3) is 93.6 Å². The second kappa shape index (κ2) is 11.8. The molecule has 0 N–H and O–H groups in total. The lowest BCUT2D eigenvalue weighted by Gasteiger charge is -2.16. The van der Waals surface area contributed by atoms with Gasteiger partial charge in [-0.1, -0.05) is 97.1 Å². The van der Waals surface area contributed by atoms with Crippen LogP contribution in [0.15, 0.2) is 176 Å². The first-order valence-corrected chi connectivity index (χ1v) is 18.3. The van der Waals surface area contributed by atoms with E-state index in [1.54, 1.807) is 0 Å². The molecule has 8 aromatic carbocycles. The second-order valence-electron chi connectivity index (χ2n) is 14.0. The highest BCUT2D eigenvalue weighted by Crippen LogP contribution is 2.40. The zero-order chi connectivity index (χ0) is 36.6. The van der Waals surface area contributed by atoms with E-state index in [1.807, 2.05) is 42.5 Å². The van der Waals surface area contributed by atoms with Gasteiger partial charge in [0.15, 0.2) is 0 Å². The maximum absolute atomic E-state index is 10.4. The van der Waals surface area contributed by atoms with Gasteiger partial charge in [0.05, 0.1) is 62.1 Å². The third-order valence-corrected chi connectivity index (χ3v) is 11.1. The molecule has 0 unspecified atom stereocenters. The van der Waals surface area contributed by atoms with Crippen molar-refractivity contribution >= 4 is 65.4 Å². The Balaban J connectivity index is 1.15. The van der Waals surface area contributed by atoms with Gasteiger partial charge in [-0.2, -0.15) is 10.5 Å². The summed E-state index contributed by atoms with van der Waals surface area (Å²) < 4.78 is 6.90. The first-order chi connectivity index (χ1) is 27.2. The number of hydrogen-bond acceptors (Lipinski definition) is 2. The Bertz CT molecular complexity index is 3420. The Morgan fingerprint density at radius 2 is 0.836 bits per heavy atom. The molecule has 55 heavy (non-hydrogen) atoms. The van der Waals surface area contributed by atoms with Crippen molar-refractivity contribution in [1.82, 2.24) is 13.7 Å². The third kappa shape index (κ3) is 4.51. The molecule has 0 atom stereocenters. The van der Waals surface area contributed by atoms with Gasteiger partial charge in [0.2, 0.25) is 0 Å². The van der Waals surface area contributed by atoms with Crippen LogP contribution in [0.4, 0.5) is 0 Å². The molecule has 5 heteroatoms. The molecule has 254 valence electrons. The SMILES string of the molecule is N#Cc1cc(-c2ccccc2-n2c3ccccc3c3cc(-n4c5ccccc5c5ccccc54)ccc32)cc(-n2c3ccccc3c3ccc(C#N)cc32)c1. The molecule has 0 aliphatic heterocycles. The van der Waals surface area contributed by atoms with Crippen LogP contribution in [0.3, 0.4) is 0 Å². The molecule has 0 fully saturated rings. The molecule has 0 saturated carbocycles. The number of hydrogen-bond donors (Lipinski definition) is 0. The smallest absolute Gasteiger partial charge is 0.0992 e. The van der Waals surface area contributed by atoms with Crippen LogP contribution in [0.1, 0.15) is 11.1 Å². The van der Waals surface area contributed by atoms with E-state index in [-0.39, 0.29) is 0 Å². The van der Waals surface area contributed by atoms with E-state index >= 15 is 0 Å². The summed E-state index contributed by atoms with van der Waals surface area (Å²) in [6.07, 6.45) is 0. The van der Waals surface area contributed by atoms with Gasteiger partial charge < -0.3 is 13.7 Å². The summed E-state index contributed by atoms with van der Waals surface area (Å²) in [6.45, 7) is 0. The number of rotatable bonds is 4. The van der Waals surface area contributed by atoms with Crippen LogP contribution < -0.4 is 0 Å². The summed E-state index contributed by atoms with van der Waals surface area (Å²) in [7, 11) is 0. The first kappa shape index (κ1) is 30.7. The number of nitriles is 2. The largest absolute Gasteiger partial charge is 0.309 e. The second-order valence-corrected chi connectivity index (χ2v) is 14.0. The summed E-state index contributed by atoms with van der Waals surface area (Å²) in [6, 6.07) is 66.0. The summed E-state index contributed by atoms with van der Waals surface area (Å²) >= 11 is 0. The van der Waals surface area contributed by atoms with E-state index in [1.165, 1.54) is 27.2 Å². The number of aromatic nitrogens is 3. The summed E-state index contributed by atoms with van der Waals surface area (Å²) in [4.78, 5) is 0. The number of fused-ring (bicyclic) bond motifs is 9. The van der Waals surface area contributed by atoms with Crippen molar-refractivity contribution in [2.75, 3.05) is 0 Å². The van der Waals surface area contributed by atoms with E-state index < -0.39 is 0 Å². The zero-order valence-electron chi connectivity index (χ0n) is 29.5. The third-order valence-electron chi connectivity index (χ3n) is 11.1. The molecule has 0 aliphatic rings. The Morgan fingerprint density at radius 1 is 0.327 bits per heavy atom. The highest BCUT2D eigenvalue weighted by Gasteiger charge is 2.20. The van der Waals surface area contributed by atoms with Crippen molar-refractivity contribution in [2.24, 2.45) is 0 Å². The van der Waals surface area contributed by atoms with E-state index in [9.17, 15) is 10.5 Å². The lowest BCUT2D eigenvalue weighted by molar-refractivity contribution is 1.16. The fraction of sp³-hybridized carbons (Fsp3) is 0. The summed E-state index contributed by atoms with van der Waals surface area (Å²) in [5, 5.41) is 27.2. The highest BCUT2D eigenvalue weighted by molar-refractivity contribution is 6.13. The summed E-state index contributed by atoms with van der Waals surface area (Å²) in [5.74, 6) is 0. The van der Waals surface area contributed by atoms with Gasteiger partial charge in [0.1, 0.15) is 0 Å². The van der Waals surface area contributed by atoms with Gasteiger partial charge in [0, 0.05) is 49.3 Å². The molecule has 5 nitrogen and oxygen atoms in total. The molecule has 0 amide bonds. The predicted molar refractivity (Wildman–Crippen MR) is 224 cm³/mol. The van der Waals surface area contributed by atoms with E-state index in [0.717, 1.165) is 66.4 Å². The minimum absolute atomic E-state index is 0.558. The topological polar surface area (TPSA) is 62.4 Å². The maximum atomic E-state index is 10.4. The van der Waals surface area contributed by atoms with E-state index in [4.69, 9.17) is 0 Å². The van der Waals surface area contributed by atoms with Crippen LogP contribution in [0.5, 0.6) is 0 Å². The van der Waals surface area contributed by atoms with Crippen molar-refractivity contribution in [3.63, 3.8) is 0 Å². The van der Waals surface area contributed by atoms with E-state index in [0.29, 0.717) is 11.1 Å². The Hall–Kier alpha value is -7.86. The quantitative estimate of drug-likeness (QED) is 0.184. The standard InChI is InChI=1S/C50H29N5/c51-30-32-21-23-42-40-14-4-9-19-47(40)54(50(42)27-32)36-26-33(31-52)25-34(28-36)37-11-1-6-16-44(37)55-48-20-10-5-15-41(48)43-29-35(22-24-49(43)55)53-45-17-7-2-12-38(45)39-13-3-8-18-46(39)53/h1-29H. The molecule has 3 aromatic heterocycles. The summed E-state index contributed by atoms with van der Waals surface area (Å²) in [5.41, 5.74) is 12.6. The van der Waals surface area contributed by atoms with Crippen molar-refractivity contribution in [1.29, 1.82) is 10.5 Å². The average molecular weight is 700 g/mol. The molecule has 11 rings (SSSR count). The van der Waals surface area contributed by atoms with Crippen molar-refractivity contribution in [3.8, 4) is 40.3 Å². The van der Waals surface area contributed by atoms with E-state index in [2.05, 4.69) is 159 Å². The van der Waals surface area contributed by atoms with Crippen molar-refractivity contribution < 1.29 is 0 Å². The van der Waals surface area contributed by atoms with Crippen LogP contribution in [0, 0.1) is 22.7 Å². The van der Waals surface area contributed by atoms with Crippen molar-refractivity contribution in [3.05, 3.63) is 187 Å². The molecule has 0 saturated heterocycles. The van der Waals surface area contributed by atoms with Gasteiger partial charge in [-0.05, 0) is 84.4 Å². The van der Waals surface area contributed by atoms with Crippen LogP contribution >= 0.6 is 0 Å².